The average Bonchev–Trinajstić information content (AvgIpc) is 2.76. The Kier molecular flexibility index (Phi) is 3.11. The summed E-state index contributed by atoms with van der Waals surface area (Å²) < 4.78 is 0. The number of hydrogen-bond donors (Lipinski definition) is 0. The van der Waals surface area contributed by atoms with Crippen LogP contribution in [0.2, 0.25) is 0 Å². The van der Waals surface area contributed by atoms with Crippen LogP contribution in [0.25, 0.3) is 0 Å². The van der Waals surface area contributed by atoms with Gasteiger partial charge < -0.3 is 4.90 Å². The van der Waals surface area contributed by atoms with Gasteiger partial charge in [-0.25, -0.2) is 0 Å². The third kappa shape index (κ3) is 2.04. The van der Waals surface area contributed by atoms with Crippen molar-refractivity contribution in [2.45, 2.75) is 25.3 Å². The van der Waals surface area contributed by atoms with Gasteiger partial charge in [-0.1, -0.05) is 0 Å². The molecule has 0 radical (unpaired) electrons. The second-order valence-electron chi connectivity index (χ2n) is 5.01. The molecule has 5 nitrogen and oxygen atoms in total. The van der Waals surface area contributed by atoms with Crippen LogP contribution in [0.4, 0.5) is 5.82 Å². The third-order valence-electron chi connectivity index (χ3n) is 3.92. The van der Waals surface area contributed by atoms with Gasteiger partial charge in [0.05, 0.1) is 11.8 Å². The zero-order valence-electron chi connectivity index (χ0n) is 10.4. The predicted octanol–water partition coefficient (Wildman–Crippen LogP) is 1.02. The van der Waals surface area contributed by atoms with Crippen LogP contribution < -0.4 is 4.90 Å². The fourth-order valence-corrected chi connectivity index (χ4v) is 3.04. The minimum atomic E-state index is 0.626. The normalized spacial score (nSPS) is 24.4. The Morgan fingerprint density at radius 3 is 3.06 bits per heavy atom. The summed E-state index contributed by atoms with van der Waals surface area (Å²) in [5.74, 6) is 0.758. The quantitative estimate of drug-likeness (QED) is 0.737. The minimum Gasteiger partial charge on any atom is -0.352 e. The van der Waals surface area contributed by atoms with Crippen LogP contribution >= 0.6 is 0 Å². The first kappa shape index (κ1) is 11.4. The number of nitriles is 1. The summed E-state index contributed by atoms with van der Waals surface area (Å²) in [5.41, 5.74) is 0.636. The van der Waals surface area contributed by atoms with Crippen molar-refractivity contribution < 1.29 is 0 Å². The molecule has 2 aliphatic rings. The fourth-order valence-electron chi connectivity index (χ4n) is 3.04. The van der Waals surface area contributed by atoms with Crippen LogP contribution in [0, 0.1) is 11.3 Å². The molecule has 0 spiro atoms. The lowest BCUT2D eigenvalue weighted by molar-refractivity contribution is 0.273. The minimum absolute atomic E-state index is 0.626. The van der Waals surface area contributed by atoms with Gasteiger partial charge >= 0.3 is 0 Å². The molecule has 2 saturated heterocycles. The topological polar surface area (TPSA) is 56.1 Å². The molecule has 3 heterocycles. The molecule has 2 aliphatic heterocycles. The van der Waals surface area contributed by atoms with Gasteiger partial charge in [-0.05, 0) is 31.9 Å². The molecule has 1 atom stereocenters. The number of rotatable bonds is 1. The van der Waals surface area contributed by atoms with E-state index in [1.807, 2.05) is 0 Å². The molecule has 94 valence electrons. The average molecular weight is 243 g/mol. The summed E-state index contributed by atoms with van der Waals surface area (Å²) in [5, 5.41) is 17.2. The van der Waals surface area contributed by atoms with E-state index in [-0.39, 0.29) is 0 Å². The second-order valence-corrected chi connectivity index (χ2v) is 5.01. The highest BCUT2D eigenvalue weighted by Gasteiger charge is 2.29. The summed E-state index contributed by atoms with van der Waals surface area (Å²) in [6, 6.07) is 4.59. The Bertz CT molecular complexity index is 467. The van der Waals surface area contributed by atoms with E-state index < -0.39 is 0 Å². The van der Waals surface area contributed by atoms with Gasteiger partial charge in [0, 0.05) is 25.7 Å². The van der Waals surface area contributed by atoms with Gasteiger partial charge in [0.15, 0.2) is 5.82 Å². The standard InChI is InChI=1S/C13H17N5/c14-9-11-4-5-15-16-13(11)18-8-2-7-17-6-1-3-12(17)10-18/h4-5,12H,1-3,6-8,10H2. The van der Waals surface area contributed by atoms with Gasteiger partial charge in [-0.2, -0.15) is 10.4 Å². The number of fused-ring (bicyclic) bond motifs is 1. The third-order valence-corrected chi connectivity index (χ3v) is 3.92. The fraction of sp³-hybridized carbons (Fsp3) is 0.615. The summed E-state index contributed by atoms with van der Waals surface area (Å²) in [6.07, 6.45) is 5.28. The lowest BCUT2D eigenvalue weighted by atomic mass is 10.2. The molecular formula is C13H17N5. The molecule has 0 N–H and O–H groups in total. The largest absolute Gasteiger partial charge is 0.352 e. The molecule has 5 heteroatoms. The Morgan fingerprint density at radius 2 is 2.17 bits per heavy atom. The summed E-state index contributed by atoms with van der Waals surface area (Å²) in [4.78, 5) is 4.81. The Balaban J connectivity index is 1.85. The van der Waals surface area contributed by atoms with E-state index in [1.54, 1.807) is 12.3 Å². The second kappa shape index (κ2) is 4.91. The first-order chi connectivity index (χ1) is 8.88. The van der Waals surface area contributed by atoms with Crippen LogP contribution in [-0.4, -0.2) is 47.3 Å². The summed E-state index contributed by atoms with van der Waals surface area (Å²) in [7, 11) is 0. The first-order valence-electron chi connectivity index (χ1n) is 6.59. The van der Waals surface area contributed by atoms with E-state index in [9.17, 15) is 0 Å². The van der Waals surface area contributed by atoms with Crippen LogP contribution in [0.15, 0.2) is 12.3 Å². The van der Waals surface area contributed by atoms with Crippen molar-refractivity contribution in [2.75, 3.05) is 31.1 Å². The smallest absolute Gasteiger partial charge is 0.169 e. The molecule has 1 aromatic heterocycles. The maximum absolute atomic E-state index is 9.15. The van der Waals surface area contributed by atoms with Crippen molar-refractivity contribution >= 4 is 5.82 Å². The van der Waals surface area contributed by atoms with Crippen molar-refractivity contribution in [1.29, 1.82) is 5.26 Å². The van der Waals surface area contributed by atoms with Crippen LogP contribution in [0.1, 0.15) is 24.8 Å². The molecular weight excluding hydrogens is 226 g/mol. The highest BCUT2D eigenvalue weighted by atomic mass is 15.3. The Labute approximate surface area is 107 Å². The number of anilines is 1. The van der Waals surface area contributed by atoms with Crippen molar-refractivity contribution in [1.82, 2.24) is 15.1 Å². The highest BCUT2D eigenvalue weighted by Crippen LogP contribution is 2.25. The van der Waals surface area contributed by atoms with Crippen LogP contribution in [0.5, 0.6) is 0 Å². The van der Waals surface area contributed by atoms with E-state index in [2.05, 4.69) is 26.1 Å². The lowest BCUT2D eigenvalue weighted by Crippen LogP contribution is -2.37. The number of aromatic nitrogens is 2. The molecule has 0 aromatic carbocycles. The van der Waals surface area contributed by atoms with E-state index in [0.29, 0.717) is 11.6 Å². The molecule has 1 unspecified atom stereocenters. The molecule has 0 aliphatic carbocycles. The van der Waals surface area contributed by atoms with E-state index in [1.165, 1.54) is 25.9 Å². The van der Waals surface area contributed by atoms with Crippen LogP contribution in [0.3, 0.4) is 0 Å². The predicted molar refractivity (Wildman–Crippen MR) is 68.2 cm³/mol. The van der Waals surface area contributed by atoms with E-state index >= 15 is 0 Å². The monoisotopic (exact) mass is 243 g/mol. The van der Waals surface area contributed by atoms with Crippen LogP contribution in [-0.2, 0) is 0 Å². The molecule has 1 aromatic rings. The van der Waals surface area contributed by atoms with Gasteiger partial charge in [-0.15, -0.1) is 5.10 Å². The van der Waals surface area contributed by atoms with E-state index in [0.717, 1.165) is 25.3 Å². The molecule has 2 fully saturated rings. The maximum atomic E-state index is 9.15. The van der Waals surface area contributed by atoms with Crippen molar-refractivity contribution in [3.8, 4) is 6.07 Å². The molecule has 18 heavy (non-hydrogen) atoms. The van der Waals surface area contributed by atoms with Crippen molar-refractivity contribution in [2.24, 2.45) is 0 Å². The van der Waals surface area contributed by atoms with Gasteiger partial charge in [0.2, 0.25) is 0 Å². The number of nitrogens with zero attached hydrogens (tertiary/aromatic N) is 5. The van der Waals surface area contributed by atoms with Crippen molar-refractivity contribution in [3.63, 3.8) is 0 Å². The zero-order valence-corrected chi connectivity index (χ0v) is 10.4. The summed E-state index contributed by atoms with van der Waals surface area (Å²) in [6.45, 7) is 4.35. The Hall–Kier alpha value is -1.67. The SMILES string of the molecule is N#Cc1ccnnc1N1CCCN2CCCC2C1. The molecule has 3 rings (SSSR count). The number of hydrogen-bond acceptors (Lipinski definition) is 5. The van der Waals surface area contributed by atoms with Gasteiger partial charge in [0.25, 0.3) is 0 Å². The van der Waals surface area contributed by atoms with E-state index in [4.69, 9.17) is 5.26 Å². The molecule has 0 amide bonds. The van der Waals surface area contributed by atoms with Crippen molar-refractivity contribution in [3.05, 3.63) is 17.8 Å². The Morgan fingerprint density at radius 1 is 1.28 bits per heavy atom. The molecule has 0 bridgehead atoms. The van der Waals surface area contributed by atoms with Gasteiger partial charge in [0.1, 0.15) is 6.07 Å². The van der Waals surface area contributed by atoms with Gasteiger partial charge in [-0.3, -0.25) is 4.90 Å². The zero-order chi connectivity index (χ0) is 12.4. The molecule has 0 saturated carbocycles. The maximum Gasteiger partial charge on any atom is 0.169 e. The lowest BCUT2D eigenvalue weighted by Gasteiger charge is -2.26. The first-order valence-corrected chi connectivity index (χ1v) is 6.59. The summed E-state index contributed by atoms with van der Waals surface area (Å²) >= 11 is 0. The highest BCUT2D eigenvalue weighted by molar-refractivity contribution is 5.52.